The summed E-state index contributed by atoms with van der Waals surface area (Å²) in [5.41, 5.74) is 6.10. The van der Waals surface area contributed by atoms with Crippen molar-refractivity contribution in [3.05, 3.63) is 65.7 Å². The van der Waals surface area contributed by atoms with Crippen molar-refractivity contribution >= 4 is 0 Å². The first-order valence-corrected chi connectivity index (χ1v) is 6.06. The number of ether oxygens (including phenoxy) is 1. The number of alkyl halides is 3. The highest BCUT2D eigenvalue weighted by Crippen LogP contribution is 2.31. The van der Waals surface area contributed by atoms with Gasteiger partial charge in [-0.25, -0.2) is 0 Å². The van der Waals surface area contributed by atoms with Gasteiger partial charge in [-0.05, 0) is 23.3 Å². The van der Waals surface area contributed by atoms with Crippen LogP contribution in [-0.2, 0) is 6.61 Å². The number of halogens is 3. The Morgan fingerprint density at radius 3 is 2.35 bits per heavy atom. The highest BCUT2D eigenvalue weighted by molar-refractivity contribution is 5.31. The number of rotatable bonds is 4. The lowest BCUT2D eigenvalue weighted by atomic mass is 10.1. The molecule has 2 N–H and O–H groups in total. The van der Waals surface area contributed by atoms with Crippen LogP contribution < -0.4 is 10.5 Å². The Labute approximate surface area is 115 Å². The zero-order chi connectivity index (χ0) is 14.6. The van der Waals surface area contributed by atoms with Crippen molar-refractivity contribution < 1.29 is 17.9 Å². The average molecular weight is 281 g/mol. The van der Waals surface area contributed by atoms with Crippen molar-refractivity contribution in [1.82, 2.24) is 0 Å². The minimum absolute atomic E-state index is 0.0111. The van der Waals surface area contributed by atoms with Gasteiger partial charge in [-0.2, -0.15) is 13.2 Å². The Morgan fingerprint density at radius 2 is 1.70 bits per heavy atom. The molecule has 0 fully saturated rings. The standard InChI is InChI=1S/C15H14F3NO/c16-15(17,18)14(19)12-7-4-8-13(9-12)20-10-11-5-2-1-3-6-11/h1-9,14H,10,19H2/t14-/m1/s1. The van der Waals surface area contributed by atoms with Gasteiger partial charge in [0.25, 0.3) is 0 Å². The number of benzene rings is 2. The molecule has 2 aromatic carbocycles. The molecule has 2 rings (SSSR count). The van der Waals surface area contributed by atoms with Gasteiger partial charge in [0.1, 0.15) is 18.4 Å². The van der Waals surface area contributed by atoms with Gasteiger partial charge >= 0.3 is 6.18 Å². The van der Waals surface area contributed by atoms with Crippen LogP contribution in [0, 0.1) is 0 Å². The molecule has 0 heterocycles. The lowest BCUT2D eigenvalue weighted by Crippen LogP contribution is -2.28. The highest BCUT2D eigenvalue weighted by atomic mass is 19.4. The highest BCUT2D eigenvalue weighted by Gasteiger charge is 2.37. The Hall–Kier alpha value is -2.01. The first-order chi connectivity index (χ1) is 9.47. The van der Waals surface area contributed by atoms with Crippen LogP contribution in [0.2, 0.25) is 0 Å². The van der Waals surface area contributed by atoms with Crippen LogP contribution in [0.15, 0.2) is 54.6 Å². The number of hydrogen-bond acceptors (Lipinski definition) is 2. The van der Waals surface area contributed by atoms with Crippen LogP contribution in [-0.4, -0.2) is 6.18 Å². The van der Waals surface area contributed by atoms with E-state index in [4.69, 9.17) is 10.5 Å². The Morgan fingerprint density at radius 1 is 1.00 bits per heavy atom. The van der Waals surface area contributed by atoms with E-state index < -0.39 is 12.2 Å². The van der Waals surface area contributed by atoms with E-state index in [1.165, 1.54) is 18.2 Å². The monoisotopic (exact) mass is 281 g/mol. The van der Waals surface area contributed by atoms with Crippen LogP contribution >= 0.6 is 0 Å². The Kier molecular flexibility index (Phi) is 4.29. The van der Waals surface area contributed by atoms with Crippen LogP contribution in [0.5, 0.6) is 5.75 Å². The van der Waals surface area contributed by atoms with E-state index >= 15 is 0 Å². The van der Waals surface area contributed by atoms with Gasteiger partial charge in [-0.1, -0.05) is 42.5 Å². The van der Waals surface area contributed by atoms with Crippen LogP contribution in [0.4, 0.5) is 13.2 Å². The Bertz CT molecular complexity index is 555. The minimum Gasteiger partial charge on any atom is -0.489 e. The van der Waals surface area contributed by atoms with Crippen LogP contribution in [0.25, 0.3) is 0 Å². The van der Waals surface area contributed by atoms with Gasteiger partial charge in [0, 0.05) is 0 Å². The third-order valence-electron chi connectivity index (χ3n) is 2.82. The first-order valence-electron chi connectivity index (χ1n) is 6.06. The topological polar surface area (TPSA) is 35.2 Å². The van der Waals surface area contributed by atoms with E-state index in [0.717, 1.165) is 5.56 Å². The summed E-state index contributed by atoms with van der Waals surface area (Å²) in [4.78, 5) is 0. The van der Waals surface area contributed by atoms with Crippen LogP contribution in [0.3, 0.4) is 0 Å². The first kappa shape index (κ1) is 14.4. The van der Waals surface area contributed by atoms with Crippen LogP contribution in [0.1, 0.15) is 17.2 Å². The van der Waals surface area contributed by atoms with E-state index in [0.29, 0.717) is 12.4 Å². The van der Waals surface area contributed by atoms with Gasteiger partial charge in [0.05, 0.1) is 0 Å². The van der Waals surface area contributed by atoms with E-state index in [-0.39, 0.29) is 5.56 Å². The van der Waals surface area contributed by atoms with Gasteiger partial charge in [0.15, 0.2) is 0 Å². The molecule has 1 atom stereocenters. The summed E-state index contributed by atoms with van der Waals surface area (Å²) in [6.45, 7) is 0.297. The molecule has 0 aliphatic rings. The molecular formula is C15H14F3NO. The summed E-state index contributed by atoms with van der Waals surface area (Å²) in [6.07, 6.45) is -4.46. The normalized spacial score (nSPS) is 13.0. The summed E-state index contributed by atoms with van der Waals surface area (Å²) in [7, 11) is 0. The molecule has 2 aromatic rings. The zero-order valence-corrected chi connectivity index (χ0v) is 10.6. The molecule has 2 nitrogen and oxygen atoms in total. The molecule has 0 aromatic heterocycles. The molecule has 5 heteroatoms. The van der Waals surface area contributed by atoms with Gasteiger partial charge in [-0.3, -0.25) is 0 Å². The van der Waals surface area contributed by atoms with Crippen molar-refractivity contribution in [3.63, 3.8) is 0 Å². The largest absolute Gasteiger partial charge is 0.489 e. The molecule has 0 aliphatic carbocycles. The maximum absolute atomic E-state index is 12.6. The van der Waals surface area contributed by atoms with Gasteiger partial charge in [-0.15, -0.1) is 0 Å². The fraction of sp³-hybridized carbons (Fsp3) is 0.200. The van der Waals surface area contributed by atoms with E-state index in [2.05, 4.69) is 0 Å². The third kappa shape index (κ3) is 3.74. The van der Waals surface area contributed by atoms with E-state index in [1.807, 2.05) is 30.3 Å². The second-order valence-corrected chi connectivity index (χ2v) is 4.37. The van der Waals surface area contributed by atoms with Crippen molar-refractivity contribution in [3.8, 4) is 5.75 Å². The van der Waals surface area contributed by atoms with E-state index in [9.17, 15) is 13.2 Å². The summed E-state index contributed by atoms with van der Waals surface area (Å²) >= 11 is 0. The van der Waals surface area contributed by atoms with Gasteiger partial charge in [0.2, 0.25) is 0 Å². The maximum atomic E-state index is 12.6. The lowest BCUT2D eigenvalue weighted by Gasteiger charge is -2.16. The van der Waals surface area contributed by atoms with Crippen molar-refractivity contribution in [2.45, 2.75) is 18.8 Å². The van der Waals surface area contributed by atoms with E-state index in [1.54, 1.807) is 6.07 Å². The molecule has 0 amide bonds. The summed E-state index contributed by atoms with van der Waals surface area (Å²) < 4.78 is 43.1. The smallest absolute Gasteiger partial charge is 0.407 e. The molecule has 0 unspecified atom stereocenters. The fourth-order valence-electron chi connectivity index (χ4n) is 1.73. The molecule has 0 aliphatic heterocycles. The molecule has 0 saturated carbocycles. The molecule has 0 saturated heterocycles. The molecule has 0 bridgehead atoms. The predicted molar refractivity (Wildman–Crippen MR) is 70.2 cm³/mol. The predicted octanol–water partition coefficient (Wildman–Crippen LogP) is 3.83. The lowest BCUT2D eigenvalue weighted by molar-refractivity contribution is -0.149. The molecule has 0 spiro atoms. The number of hydrogen-bond donors (Lipinski definition) is 1. The SMILES string of the molecule is N[C@H](c1cccc(OCc2ccccc2)c1)C(F)(F)F. The molecule has 20 heavy (non-hydrogen) atoms. The van der Waals surface area contributed by atoms with Gasteiger partial charge < -0.3 is 10.5 Å². The summed E-state index contributed by atoms with van der Waals surface area (Å²) in [6, 6.07) is 13.2. The fourth-order valence-corrected chi connectivity index (χ4v) is 1.73. The zero-order valence-electron chi connectivity index (χ0n) is 10.6. The maximum Gasteiger partial charge on any atom is 0.407 e. The molecule has 106 valence electrons. The summed E-state index contributed by atoms with van der Waals surface area (Å²) in [5.74, 6) is 0.367. The second kappa shape index (κ2) is 5.96. The average Bonchev–Trinajstić information content (AvgIpc) is 2.45. The third-order valence-corrected chi connectivity index (χ3v) is 2.82. The van der Waals surface area contributed by atoms with Crippen molar-refractivity contribution in [2.24, 2.45) is 5.73 Å². The Balaban J connectivity index is 2.07. The summed E-state index contributed by atoms with van der Waals surface area (Å²) in [5, 5.41) is 0. The van der Waals surface area contributed by atoms with Crippen molar-refractivity contribution in [1.29, 1.82) is 0 Å². The second-order valence-electron chi connectivity index (χ2n) is 4.37. The van der Waals surface area contributed by atoms with Crippen molar-refractivity contribution in [2.75, 3.05) is 0 Å². The quantitative estimate of drug-likeness (QED) is 0.924. The minimum atomic E-state index is -4.46. The molecule has 0 radical (unpaired) electrons. The molecular weight excluding hydrogens is 267 g/mol. The number of nitrogens with two attached hydrogens (primary N) is 1.